The zero-order valence-corrected chi connectivity index (χ0v) is 9.94. The zero-order valence-electron chi connectivity index (χ0n) is 9.94. The lowest BCUT2D eigenvalue weighted by Gasteiger charge is -2.10. The normalized spacial score (nSPS) is 12.7. The van der Waals surface area contributed by atoms with Crippen molar-refractivity contribution in [3.8, 4) is 0 Å². The molecule has 90 valence electrons. The van der Waals surface area contributed by atoms with Gasteiger partial charge in [-0.25, -0.2) is 0 Å². The highest BCUT2D eigenvalue weighted by Gasteiger charge is 2.03. The smallest absolute Gasteiger partial charge is 0.0785 e. The molecule has 0 fully saturated rings. The number of aryl methyl sites for hydroxylation is 1. The fraction of sp³-hybridized carbons (Fsp3) is 0.583. The van der Waals surface area contributed by atoms with E-state index in [9.17, 15) is 5.11 Å². The third-order valence-electron chi connectivity index (χ3n) is 2.42. The number of ether oxygens (including phenoxy) is 1. The van der Waals surface area contributed by atoms with Crippen LogP contribution in [0, 0.1) is 6.92 Å². The lowest BCUT2D eigenvalue weighted by molar-refractivity contribution is 0.0594. The van der Waals surface area contributed by atoms with Crippen LogP contribution in [0.4, 0.5) is 0 Å². The Morgan fingerprint density at radius 2 is 2.38 bits per heavy atom. The number of aliphatic hydroxyl groups is 1. The molecule has 4 heteroatoms. The summed E-state index contributed by atoms with van der Waals surface area (Å²) in [6.45, 7) is 3.95. The van der Waals surface area contributed by atoms with Gasteiger partial charge in [-0.15, -0.1) is 0 Å². The molecule has 0 aliphatic heterocycles. The van der Waals surface area contributed by atoms with Crippen LogP contribution in [0.5, 0.6) is 0 Å². The number of nitrogens with one attached hydrogen (secondary N) is 1. The summed E-state index contributed by atoms with van der Waals surface area (Å²) in [7, 11) is 1.59. The molecule has 4 nitrogen and oxygen atoms in total. The van der Waals surface area contributed by atoms with Crippen molar-refractivity contribution in [2.75, 3.05) is 20.3 Å². The van der Waals surface area contributed by atoms with Crippen molar-refractivity contribution in [2.24, 2.45) is 0 Å². The van der Waals surface area contributed by atoms with Crippen molar-refractivity contribution < 1.29 is 9.84 Å². The highest BCUT2D eigenvalue weighted by atomic mass is 16.5. The van der Waals surface area contributed by atoms with Gasteiger partial charge in [-0.3, -0.25) is 4.98 Å². The summed E-state index contributed by atoms with van der Waals surface area (Å²) in [4.78, 5) is 4.28. The maximum absolute atomic E-state index is 9.42. The average Bonchev–Trinajstić information content (AvgIpc) is 2.27. The van der Waals surface area contributed by atoms with Crippen molar-refractivity contribution in [1.82, 2.24) is 10.3 Å². The van der Waals surface area contributed by atoms with Crippen LogP contribution in [0.25, 0.3) is 0 Å². The molecule has 0 radical (unpaired) electrons. The predicted molar refractivity (Wildman–Crippen MR) is 63.2 cm³/mol. The van der Waals surface area contributed by atoms with E-state index in [1.807, 2.05) is 19.1 Å². The van der Waals surface area contributed by atoms with Gasteiger partial charge in [0.05, 0.1) is 18.4 Å². The number of hydrogen-bond acceptors (Lipinski definition) is 4. The van der Waals surface area contributed by atoms with Crippen LogP contribution in [-0.4, -0.2) is 36.5 Å². The van der Waals surface area contributed by atoms with E-state index >= 15 is 0 Å². The Balaban J connectivity index is 2.19. The van der Waals surface area contributed by atoms with Crippen LogP contribution in [0.2, 0.25) is 0 Å². The largest absolute Gasteiger partial charge is 0.391 e. The first kappa shape index (κ1) is 13.1. The SMILES string of the molecule is COCC(O)CCNCc1ncccc1C. The molecule has 1 unspecified atom stereocenters. The third kappa shape index (κ3) is 4.70. The number of pyridine rings is 1. The van der Waals surface area contributed by atoms with Crippen LogP contribution in [0.3, 0.4) is 0 Å². The molecule has 0 aliphatic rings. The Hall–Kier alpha value is -0.970. The van der Waals surface area contributed by atoms with Gasteiger partial charge in [0.25, 0.3) is 0 Å². The minimum Gasteiger partial charge on any atom is -0.391 e. The third-order valence-corrected chi connectivity index (χ3v) is 2.42. The fourth-order valence-electron chi connectivity index (χ4n) is 1.45. The Bertz CT molecular complexity index is 305. The monoisotopic (exact) mass is 224 g/mol. The van der Waals surface area contributed by atoms with Gasteiger partial charge in [0.2, 0.25) is 0 Å². The zero-order chi connectivity index (χ0) is 11.8. The summed E-state index contributed by atoms with van der Waals surface area (Å²) in [5, 5.41) is 12.7. The number of aliphatic hydroxyl groups excluding tert-OH is 1. The Morgan fingerprint density at radius 1 is 1.56 bits per heavy atom. The second-order valence-corrected chi connectivity index (χ2v) is 3.84. The quantitative estimate of drug-likeness (QED) is 0.675. The van der Waals surface area contributed by atoms with Crippen LogP contribution in [0.1, 0.15) is 17.7 Å². The van der Waals surface area contributed by atoms with Crippen molar-refractivity contribution in [3.05, 3.63) is 29.6 Å². The number of rotatable bonds is 7. The lowest BCUT2D eigenvalue weighted by Crippen LogP contribution is -2.23. The number of nitrogens with zero attached hydrogens (tertiary/aromatic N) is 1. The highest BCUT2D eigenvalue weighted by Crippen LogP contribution is 2.02. The van der Waals surface area contributed by atoms with Gasteiger partial charge in [0, 0.05) is 19.9 Å². The Labute approximate surface area is 96.7 Å². The van der Waals surface area contributed by atoms with Crippen molar-refractivity contribution in [2.45, 2.75) is 26.0 Å². The van der Waals surface area contributed by atoms with Crippen LogP contribution < -0.4 is 5.32 Å². The van der Waals surface area contributed by atoms with Crippen LogP contribution in [-0.2, 0) is 11.3 Å². The lowest BCUT2D eigenvalue weighted by atomic mass is 10.2. The second-order valence-electron chi connectivity index (χ2n) is 3.84. The number of hydrogen-bond donors (Lipinski definition) is 2. The summed E-state index contributed by atoms with van der Waals surface area (Å²) in [6.07, 6.45) is 2.10. The van der Waals surface area contributed by atoms with Crippen molar-refractivity contribution >= 4 is 0 Å². The molecule has 0 saturated carbocycles. The predicted octanol–water partition coefficient (Wildman–Crippen LogP) is 0.877. The molecule has 0 amide bonds. The minimum atomic E-state index is -0.387. The average molecular weight is 224 g/mol. The molecule has 0 saturated heterocycles. The molecule has 0 bridgehead atoms. The highest BCUT2D eigenvalue weighted by molar-refractivity contribution is 5.17. The maximum Gasteiger partial charge on any atom is 0.0785 e. The fourth-order valence-corrected chi connectivity index (χ4v) is 1.45. The first-order valence-electron chi connectivity index (χ1n) is 5.52. The van der Waals surface area contributed by atoms with E-state index < -0.39 is 0 Å². The van der Waals surface area contributed by atoms with E-state index in [1.165, 1.54) is 5.56 Å². The number of aromatic nitrogens is 1. The molecule has 1 atom stereocenters. The van der Waals surface area contributed by atoms with Gasteiger partial charge < -0.3 is 15.2 Å². The van der Waals surface area contributed by atoms with Gasteiger partial charge in [0.1, 0.15) is 0 Å². The second kappa shape index (κ2) is 7.33. The first-order valence-corrected chi connectivity index (χ1v) is 5.52. The van der Waals surface area contributed by atoms with E-state index in [0.29, 0.717) is 13.0 Å². The molecule has 1 heterocycles. The molecule has 0 spiro atoms. The van der Waals surface area contributed by atoms with E-state index in [4.69, 9.17) is 4.74 Å². The Kier molecular flexibility index (Phi) is 6.00. The summed E-state index contributed by atoms with van der Waals surface area (Å²) in [5.41, 5.74) is 2.25. The van der Waals surface area contributed by atoms with Gasteiger partial charge in [-0.2, -0.15) is 0 Å². The molecule has 0 aliphatic carbocycles. The van der Waals surface area contributed by atoms with Crippen LogP contribution in [0.15, 0.2) is 18.3 Å². The molecular formula is C12H20N2O2. The van der Waals surface area contributed by atoms with Gasteiger partial charge in [0.15, 0.2) is 0 Å². The Morgan fingerprint density at radius 3 is 3.06 bits per heavy atom. The first-order chi connectivity index (χ1) is 7.74. The molecule has 0 aromatic carbocycles. The summed E-state index contributed by atoms with van der Waals surface area (Å²) in [6, 6.07) is 3.98. The molecule has 16 heavy (non-hydrogen) atoms. The van der Waals surface area contributed by atoms with Crippen LogP contribution >= 0.6 is 0 Å². The summed E-state index contributed by atoms with van der Waals surface area (Å²) in [5.74, 6) is 0. The van der Waals surface area contributed by atoms with E-state index in [2.05, 4.69) is 10.3 Å². The summed E-state index contributed by atoms with van der Waals surface area (Å²) >= 11 is 0. The molecule has 2 N–H and O–H groups in total. The van der Waals surface area contributed by atoms with E-state index in [1.54, 1.807) is 13.3 Å². The maximum atomic E-state index is 9.42. The van der Waals surface area contributed by atoms with E-state index in [0.717, 1.165) is 18.8 Å². The van der Waals surface area contributed by atoms with Gasteiger partial charge in [-0.1, -0.05) is 6.07 Å². The van der Waals surface area contributed by atoms with Gasteiger partial charge >= 0.3 is 0 Å². The summed E-state index contributed by atoms with van der Waals surface area (Å²) < 4.78 is 4.85. The molecule has 1 aromatic heterocycles. The van der Waals surface area contributed by atoms with Crippen molar-refractivity contribution in [1.29, 1.82) is 0 Å². The topological polar surface area (TPSA) is 54.4 Å². The van der Waals surface area contributed by atoms with Gasteiger partial charge in [-0.05, 0) is 31.5 Å². The number of methoxy groups -OCH3 is 1. The standard InChI is InChI=1S/C12H20N2O2/c1-10-4-3-6-14-12(10)8-13-7-5-11(15)9-16-2/h3-4,6,11,13,15H,5,7-9H2,1-2H3. The molecule has 1 rings (SSSR count). The molecular weight excluding hydrogens is 204 g/mol. The van der Waals surface area contributed by atoms with Crippen molar-refractivity contribution in [3.63, 3.8) is 0 Å². The van der Waals surface area contributed by atoms with E-state index in [-0.39, 0.29) is 6.10 Å². The molecule has 1 aromatic rings. The minimum absolute atomic E-state index is 0.387.